The van der Waals surface area contributed by atoms with Crippen molar-refractivity contribution in [1.82, 2.24) is 5.32 Å². The van der Waals surface area contributed by atoms with Crippen molar-refractivity contribution in [1.29, 1.82) is 0 Å². The molecular formula is C19H27NS. The molecule has 1 N–H and O–H groups in total. The third-order valence-electron chi connectivity index (χ3n) is 3.78. The summed E-state index contributed by atoms with van der Waals surface area (Å²) in [5.74, 6) is 0. The first-order valence-electron chi connectivity index (χ1n) is 8.03. The highest BCUT2D eigenvalue weighted by molar-refractivity contribution is 7.09. The molecule has 2 aromatic rings. The maximum Gasteiger partial charge on any atom is 0.0320 e. The van der Waals surface area contributed by atoms with E-state index in [2.05, 4.69) is 61.8 Å². The maximum atomic E-state index is 3.72. The van der Waals surface area contributed by atoms with Crippen LogP contribution in [0.15, 0.2) is 35.7 Å². The van der Waals surface area contributed by atoms with Gasteiger partial charge in [-0.15, -0.1) is 11.3 Å². The van der Waals surface area contributed by atoms with E-state index in [1.807, 2.05) is 11.3 Å². The minimum absolute atomic E-state index is 0.489. The van der Waals surface area contributed by atoms with Gasteiger partial charge in [-0.25, -0.2) is 0 Å². The normalized spacial score (nSPS) is 12.5. The van der Waals surface area contributed by atoms with E-state index in [4.69, 9.17) is 0 Å². The highest BCUT2D eigenvalue weighted by Crippen LogP contribution is 2.23. The Labute approximate surface area is 133 Å². The lowest BCUT2D eigenvalue weighted by Crippen LogP contribution is -2.22. The maximum absolute atomic E-state index is 3.72. The summed E-state index contributed by atoms with van der Waals surface area (Å²) >= 11 is 1.87. The Hall–Kier alpha value is -1.12. The molecule has 2 heteroatoms. The van der Waals surface area contributed by atoms with Crippen LogP contribution >= 0.6 is 11.3 Å². The number of nitrogens with one attached hydrogen (secondary N) is 1. The molecule has 2 rings (SSSR count). The van der Waals surface area contributed by atoms with Gasteiger partial charge in [0, 0.05) is 10.9 Å². The Morgan fingerprint density at radius 1 is 1.14 bits per heavy atom. The molecule has 0 amide bonds. The monoisotopic (exact) mass is 301 g/mol. The summed E-state index contributed by atoms with van der Waals surface area (Å²) in [6.07, 6.45) is 4.84. The van der Waals surface area contributed by atoms with Crippen molar-refractivity contribution >= 4 is 11.3 Å². The Morgan fingerprint density at radius 2 is 1.90 bits per heavy atom. The molecule has 0 aliphatic carbocycles. The van der Waals surface area contributed by atoms with Crippen LogP contribution in [0, 0.1) is 13.8 Å². The second-order valence-corrected chi connectivity index (χ2v) is 6.93. The second-order valence-electron chi connectivity index (χ2n) is 5.90. The molecule has 1 unspecified atom stereocenters. The fourth-order valence-electron chi connectivity index (χ4n) is 2.85. The van der Waals surface area contributed by atoms with Crippen molar-refractivity contribution in [3.8, 4) is 0 Å². The summed E-state index contributed by atoms with van der Waals surface area (Å²) in [4.78, 5) is 1.50. The summed E-state index contributed by atoms with van der Waals surface area (Å²) in [7, 11) is 0. The van der Waals surface area contributed by atoms with Crippen LogP contribution in [0.4, 0.5) is 0 Å². The molecule has 0 aliphatic rings. The van der Waals surface area contributed by atoms with Crippen molar-refractivity contribution in [2.45, 2.75) is 52.5 Å². The fourth-order valence-corrected chi connectivity index (χ4v) is 3.60. The highest BCUT2D eigenvalue weighted by Gasteiger charge is 2.11. The Bertz CT molecular complexity index is 510. The largest absolute Gasteiger partial charge is 0.310 e. The third-order valence-corrected chi connectivity index (χ3v) is 4.72. The summed E-state index contributed by atoms with van der Waals surface area (Å²) < 4.78 is 0. The van der Waals surface area contributed by atoms with Crippen LogP contribution in [-0.2, 0) is 6.42 Å². The number of hydrogen-bond acceptors (Lipinski definition) is 2. The lowest BCUT2D eigenvalue weighted by Gasteiger charge is -2.20. The molecule has 0 saturated carbocycles. The molecule has 1 heterocycles. The van der Waals surface area contributed by atoms with Gasteiger partial charge in [-0.3, -0.25) is 0 Å². The molecule has 0 bridgehead atoms. The molecule has 1 atom stereocenters. The van der Waals surface area contributed by atoms with Crippen LogP contribution in [0.3, 0.4) is 0 Å². The molecule has 114 valence electrons. The molecule has 1 aromatic carbocycles. The topological polar surface area (TPSA) is 12.0 Å². The number of hydrogen-bond donors (Lipinski definition) is 1. The van der Waals surface area contributed by atoms with Gasteiger partial charge in [0.05, 0.1) is 0 Å². The van der Waals surface area contributed by atoms with Crippen LogP contribution < -0.4 is 5.32 Å². The van der Waals surface area contributed by atoms with E-state index < -0.39 is 0 Å². The van der Waals surface area contributed by atoms with E-state index in [0.717, 1.165) is 6.54 Å². The molecule has 0 radical (unpaired) electrons. The molecule has 0 fully saturated rings. The van der Waals surface area contributed by atoms with E-state index in [1.54, 1.807) is 0 Å². The van der Waals surface area contributed by atoms with E-state index in [0.29, 0.717) is 6.04 Å². The molecular weight excluding hydrogens is 274 g/mol. The van der Waals surface area contributed by atoms with Gasteiger partial charge in [0.25, 0.3) is 0 Å². The van der Waals surface area contributed by atoms with Crippen molar-refractivity contribution in [2.24, 2.45) is 0 Å². The van der Waals surface area contributed by atoms with Crippen LogP contribution in [0.2, 0.25) is 0 Å². The molecule has 0 saturated heterocycles. The minimum Gasteiger partial charge on any atom is -0.310 e. The SMILES string of the molecule is CCCNC(CCCc1cccs1)c1cc(C)cc(C)c1. The van der Waals surface area contributed by atoms with Gasteiger partial charge in [-0.1, -0.05) is 42.3 Å². The quantitative estimate of drug-likeness (QED) is 0.685. The predicted octanol–water partition coefficient (Wildman–Crippen LogP) is 5.43. The number of rotatable bonds is 8. The smallest absolute Gasteiger partial charge is 0.0320 e. The first-order valence-corrected chi connectivity index (χ1v) is 8.91. The van der Waals surface area contributed by atoms with Crippen LogP contribution in [0.5, 0.6) is 0 Å². The first kappa shape index (κ1) is 16.3. The van der Waals surface area contributed by atoms with Gasteiger partial charge < -0.3 is 5.32 Å². The van der Waals surface area contributed by atoms with E-state index in [-0.39, 0.29) is 0 Å². The molecule has 1 nitrogen and oxygen atoms in total. The summed E-state index contributed by atoms with van der Waals surface area (Å²) in [6, 6.07) is 11.8. The van der Waals surface area contributed by atoms with E-state index >= 15 is 0 Å². The Morgan fingerprint density at radius 3 is 2.52 bits per heavy atom. The van der Waals surface area contributed by atoms with Crippen LogP contribution in [0.1, 0.15) is 53.8 Å². The fraction of sp³-hybridized carbons (Fsp3) is 0.474. The van der Waals surface area contributed by atoms with Gasteiger partial charge in [0.2, 0.25) is 0 Å². The van der Waals surface area contributed by atoms with E-state index in [1.165, 1.54) is 47.3 Å². The summed E-state index contributed by atoms with van der Waals surface area (Å²) in [5.41, 5.74) is 4.19. The van der Waals surface area contributed by atoms with Gasteiger partial charge in [0.1, 0.15) is 0 Å². The second kappa shape index (κ2) is 8.35. The molecule has 21 heavy (non-hydrogen) atoms. The standard InChI is InChI=1S/C19H27NS/c1-4-10-20-19(9-5-7-18-8-6-11-21-18)17-13-15(2)12-16(3)14-17/h6,8,11-14,19-20H,4-5,7,9-10H2,1-3H3. The summed E-state index contributed by atoms with van der Waals surface area (Å²) in [6.45, 7) is 7.71. The summed E-state index contributed by atoms with van der Waals surface area (Å²) in [5, 5.41) is 5.90. The van der Waals surface area contributed by atoms with Crippen LogP contribution in [-0.4, -0.2) is 6.54 Å². The number of thiophene rings is 1. The van der Waals surface area contributed by atoms with Gasteiger partial charge >= 0.3 is 0 Å². The average molecular weight is 301 g/mol. The molecule has 1 aromatic heterocycles. The highest BCUT2D eigenvalue weighted by atomic mass is 32.1. The van der Waals surface area contributed by atoms with Gasteiger partial charge in [0.15, 0.2) is 0 Å². The third kappa shape index (κ3) is 5.29. The minimum atomic E-state index is 0.489. The lowest BCUT2D eigenvalue weighted by molar-refractivity contribution is 0.484. The zero-order valence-corrected chi connectivity index (χ0v) is 14.3. The molecule has 0 spiro atoms. The zero-order valence-electron chi connectivity index (χ0n) is 13.5. The average Bonchev–Trinajstić information content (AvgIpc) is 2.94. The number of benzene rings is 1. The Balaban J connectivity index is 1.99. The first-order chi connectivity index (χ1) is 10.2. The van der Waals surface area contributed by atoms with Gasteiger partial charge in [-0.05, 0) is 63.1 Å². The van der Waals surface area contributed by atoms with Crippen molar-refractivity contribution in [3.63, 3.8) is 0 Å². The van der Waals surface area contributed by atoms with Crippen molar-refractivity contribution in [3.05, 3.63) is 57.3 Å². The van der Waals surface area contributed by atoms with Crippen molar-refractivity contribution in [2.75, 3.05) is 6.54 Å². The zero-order chi connectivity index (χ0) is 15.1. The number of aryl methyl sites for hydroxylation is 3. The molecule has 0 aliphatic heterocycles. The van der Waals surface area contributed by atoms with Crippen LogP contribution in [0.25, 0.3) is 0 Å². The lowest BCUT2D eigenvalue weighted by atomic mass is 9.97. The van der Waals surface area contributed by atoms with Crippen molar-refractivity contribution < 1.29 is 0 Å². The van der Waals surface area contributed by atoms with E-state index in [9.17, 15) is 0 Å². The van der Waals surface area contributed by atoms with Gasteiger partial charge in [-0.2, -0.15) is 0 Å². The Kier molecular flexibility index (Phi) is 6.47. The predicted molar refractivity (Wildman–Crippen MR) is 94.2 cm³/mol.